The number of nitro groups is 1. The van der Waals surface area contributed by atoms with Crippen LogP contribution in [-0.2, 0) is 4.79 Å². The summed E-state index contributed by atoms with van der Waals surface area (Å²) in [5, 5.41) is 12.5. The molecule has 0 radical (unpaired) electrons. The first-order valence-corrected chi connectivity index (χ1v) is 4.51. The highest BCUT2D eigenvalue weighted by atomic mass is 19.4. The van der Waals surface area contributed by atoms with Gasteiger partial charge in [0.15, 0.2) is 5.75 Å². The first kappa shape index (κ1) is 13.7. The largest absolute Gasteiger partial charge is 0.573 e. The molecule has 0 bridgehead atoms. The van der Waals surface area contributed by atoms with Crippen LogP contribution in [0, 0.1) is 10.1 Å². The lowest BCUT2D eigenvalue weighted by Crippen LogP contribution is -2.19. The topological polar surface area (TPSA) is 81.5 Å². The first-order chi connectivity index (χ1) is 8.19. The van der Waals surface area contributed by atoms with Crippen molar-refractivity contribution in [2.75, 3.05) is 5.32 Å². The van der Waals surface area contributed by atoms with E-state index in [0.717, 1.165) is 25.1 Å². The van der Waals surface area contributed by atoms with Crippen LogP contribution in [0.5, 0.6) is 5.75 Å². The van der Waals surface area contributed by atoms with E-state index in [1.54, 1.807) is 0 Å². The van der Waals surface area contributed by atoms with Crippen molar-refractivity contribution in [1.29, 1.82) is 0 Å². The molecule has 6 nitrogen and oxygen atoms in total. The summed E-state index contributed by atoms with van der Waals surface area (Å²) in [5.41, 5.74) is -0.887. The number of carbonyl (C=O) groups excluding carboxylic acids is 1. The third-order valence-corrected chi connectivity index (χ3v) is 1.71. The van der Waals surface area contributed by atoms with Crippen LogP contribution in [0.4, 0.5) is 24.5 Å². The zero-order chi connectivity index (χ0) is 13.9. The van der Waals surface area contributed by atoms with Crippen molar-refractivity contribution in [3.05, 3.63) is 28.3 Å². The lowest BCUT2D eigenvalue weighted by Gasteiger charge is -2.13. The number of alkyl halides is 3. The van der Waals surface area contributed by atoms with Gasteiger partial charge < -0.3 is 10.1 Å². The minimum absolute atomic E-state index is 0.422. The van der Waals surface area contributed by atoms with Gasteiger partial charge >= 0.3 is 6.36 Å². The predicted molar refractivity (Wildman–Crippen MR) is 54.1 cm³/mol. The molecule has 1 N–H and O–H groups in total. The van der Waals surface area contributed by atoms with Gasteiger partial charge in [-0.25, -0.2) is 0 Å². The van der Waals surface area contributed by atoms with Crippen LogP contribution in [0.3, 0.4) is 0 Å². The first-order valence-electron chi connectivity index (χ1n) is 4.51. The van der Waals surface area contributed by atoms with E-state index in [9.17, 15) is 28.1 Å². The minimum atomic E-state index is -4.96. The number of hydrogen-bond donors (Lipinski definition) is 1. The maximum absolute atomic E-state index is 12.0. The molecule has 0 aliphatic carbocycles. The molecule has 0 saturated carbocycles. The maximum atomic E-state index is 12.0. The number of nitro benzene ring substituents is 1. The third kappa shape index (κ3) is 3.92. The zero-order valence-corrected chi connectivity index (χ0v) is 8.95. The van der Waals surface area contributed by atoms with Crippen LogP contribution in [0.15, 0.2) is 18.2 Å². The molecule has 0 aliphatic heterocycles. The van der Waals surface area contributed by atoms with Crippen LogP contribution < -0.4 is 10.1 Å². The SMILES string of the molecule is CC(=O)Nc1cc([N+](=O)[O-])ccc1OC(F)(F)F. The van der Waals surface area contributed by atoms with Gasteiger partial charge in [-0.1, -0.05) is 0 Å². The van der Waals surface area contributed by atoms with Crippen LogP contribution in [-0.4, -0.2) is 17.2 Å². The van der Waals surface area contributed by atoms with Gasteiger partial charge in [0.1, 0.15) is 0 Å². The number of carbonyl (C=O) groups is 1. The number of benzene rings is 1. The van der Waals surface area contributed by atoms with E-state index < -0.39 is 34.3 Å². The molecule has 0 fully saturated rings. The Bertz CT molecular complexity index is 487. The molecule has 1 aromatic rings. The van der Waals surface area contributed by atoms with Gasteiger partial charge in [0.05, 0.1) is 10.6 Å². The molecule has 0 aromatic heterocycles. The van der Waals surface area contributed by atoms with Crippen molar-refractivity contribution in [2.45, 2.75) is 13.3 Å². The van der Waals surface area contributed by atoms with Gasteiger partial charge in [-0.05, 0) is 6.07 Å². The number of anilines is 1. The normalized spacial score (nSPS) is 10.9. The smallest absolute Gasteiger partial charge is 0.404 e. The summed E-state index contributed by atoms with van der Waals surface area (Å²) in [6.45, 7) is 1.05. The van der Waals surface area contributed by atoms with Gasteiger partial charge in [-0.3, -0.25) is 14.9 Å². The quantitative estimate of drug-likeness (QED) is 0.671. The molecule has 9 heteroatoms. The molecule has 18 heavy (non-hydrogen) atoms. The number of rotatable bonds is 3. The second-order valence-electron chi connectivity index (χ2n) is 3.17. The fourth-order valence-corrected chi connectivity index (χ4v) is 1.13. The summed E-state index contributed by atoms with van der Waals surface area (Å²) < 4.78 is 39.8. The van der Waals surface area contributed by atoms with Crippen LogP contribution in [0.25, 0.3) is 0 Å². The highest BCUT2D eigenvalue weighted by Gasteiger charge is 2.32. The van der Waals surface area contributed by atoms with Gasteiger partial charge in [-0.2, -0.15) is 0 Å². The van der Waals surface area contributed by atoms with Crippen molar-refractivity contribution < 1.29 is 27.6 Å². The van der Waals surface area contributed by atoms with Gasteiger partial charge in [-0.15, -0.1) is 13.2 Å². The molecule has 0 saturated heterocycles. The molecular weight excluding hydrogens is 257 g/mol. The summed E-state index contributed by atoms with van der Waals surface area (Å²) >= 11 is 0. The van der Waals surface area contributed by atoms with E-state index >= 15 is 0 Å². The van der Waals surface area contributed by atoms with E-state index in [1.165, 1.54) is 0 Å². The standard InChI is InChI=1S/C9H7F3N2O4/c1-5(15)13-7-4-6(14(16)17)2-3-8(7)18-9(10,11)12/h2-4H,1H3,(H,13,15). The van der Waals surface area contributed by atoms with Gasteiger partial charge in [0.25, 0.3) is 5.69 Å². The summed E-state index contributed by atoms with van der Waals surface area (Å²) in [5.74, 6) is -1.40. The molecule has 0 aliphatic rings. The van der Waals surface area contributed by atoms with Crippen LogP contribution >= 0.6 is 0 Å². The Balaban J connectivity index is 3.16. The molecule has 0 unspecified atom stereocenters. The lowest BCUT2D eigenvalue weighted by molar-refractivity contribution is -0.384. The maximum Gasteiger partial charge on any atom is 0.573 e. The van der Waals surface area contributed by atoms with Crippen LogP contribution in [0.1, 0.15) is 6.92 Å². The number of hydrogen-bond acceptors (Lipinski definition) is 4. The fraction of sp³-hybridized carbons (Fsp3) is 0.222. The average Bonchev–Trinajstić information content (AvgIpc) is 2.17. The minimum Gasteiger partial charge on any atom is -0.404 e. The number of ether oxygens (including phenoxy) is 1. The number of non-ortho nitro benzene ring substituents is 1. The Hall–Kier alpha value is -2.32. The second kappa shape index (κ2) is 4.90. The van der Waals surface area contributed by atoms with E-state index in [4.69, 9.17) is 0 Å². The van der Waals surface area contributed by atoms with E-state index in [2.05, 4.69) is 4.74 Å². The number of amides is 1. The van der Waals surface area contributed by atoms with E-state index in [1.807, 2.05) is 5.32 Å². The van der Waals surface area contributed by atoms with Gasteiger partial charge in [0.2, 0.25) is 5.91 Å². The molecule has 1 rings (SSSR count). The molecule has 0 heterocycles. The van der Waals surface area contributed by atoms with Crippen molar-refractivity contribution in [2.24, 2.45) is 0 Å². The van der Waals surface area contributed by atoms with Crippen molar-refractivity contribution >= 4 is 17.3 Å². The summed E-state index contributed by atoms with van der Waals surface area (Å²) in [6, 6.07) is 2.38. The lowest BCUT2D eigenvalue weighted by atomic mass is 10.2. The van der Waals surface area contributed by atoms with E-state index in [-0.39, 0.29) is 0 Å². The number of nitrogens with zero attached hydrogens (tertiary/aromatic N) is 1. The fourth-order valence-electron chi connectivity index (χ4n) is 1.13. The Morgan fingerprint density at radius 3 is 2.50 bits per heavy atom. The van der Waals surface area contributed by atoms with Gasteiger partial charge in [0, 0.05) is 19.1 Å². The molecule has 0 atom stereocenters. The molecule has 1 amide bonds. The molecule has 1 aromatic carbocycles. The van der Waals surface area contributed by atoms with Crippen molar-refractivity contribution in [1.82, 2.24) is 0 Å². The highest BCUT2D eigenvalue weighted by Crippen LogP contribution is 2.33. The average molecular weight is 264 g/mol. The van der Waals surface area contributed by atoms with Crippen molar-refractivity contribution in [3.8, 4) is 5.75 Å². The highest BCUT2D eigenvalue weighted by molar-refractivity contribution is 5.90. The van der Waals surface area contributed by atoms with E-state index in [0.29, 0.717) is 0 Å². The zero-order valence-electron chi connectivity index (χ0n) is 8.95. The predicted octanol–water partition coefficient (Wildman–Crippen LogP) is 2.45. The summed E-state index contributed by atoms with van der Waals surface area (Å²) in [4.78, 5) is 20.5. The summed E-state index contributed by atoms with van der Waals surface area (Å²) in [6.07, 6.45) is -4.96. The van der Waals surface area contributed by atoms with Crippen LogP contribution in [0.2, 0.25) is 0 Å². The second-order valence-corrected chi connectivity index (χ2v) is 3.17. The summed E-state index contributed by atoms with van der Waals surface area (Å²) in [7, 11) is 0. The Morgan fingerprint density at radius 2 is 2.06 bits per heavy atom. The third-order valence-electron chi connectivity index (χ3n) is 1.71. The number of nitrogens with one attached hydrogen (secondary N) is 1. The Morgan fingerprint density at radius 1 is 1.44 bits per heavy atom. The monoisotopic (exact) mass is 264 g/mol. The molecular formula is C9H7F3N2O4. The Labute approximate surface area is 98.5 Å². The number of halogens is 3. The van der Waals surface area contributed by atoms with Crippen molar-refractivity contribution in [3.63, 3.8) is 0 Å². The molecule has 0 spiro atoms. The Kier molecular flexibility index (Phi) is 3.74. The molecule has 98 valence electrons.